The normalized spacial score (nSPS) is 14.7. The molecule has 14 aromatic carbocycles. The van der Waals surface area contributed by atoms with Crippen molar-refractivity contribution in [2.45, 2.75) is 57.8 Å². The molecule has 0 bridgehead atoms. The Kier molecular flexibility index (Phi) is 10.8. The van der Waals surface area contributed by atoms with Crippen LogP contribution >= 0.6 is 0 Å². The average molecular weight is 1100 g/mol. The third kappa shape index (κ3) is 7.40. The molecule has 0 unspecified atom stereocenters. The van der Waals surface area contributed by atoms with Crippen molar-refractivity contribution in [1.29, 1.82) is 0 Å². The van der Waals surface area contributed by atoms with Crippen LogP contribution in [0.3, 0.4) is 0 Å². The summed E-state index contributed by atoms with van der Waals surface area (Å²) in [6, 6.07) is 103. The van der Waals surface area contributed by atoms with Crippen LogP contribution in [0.15, 0.2) is 273 Å². The number of hydrogen-bond acceptors (Lipinski definition) is 3. The second kappa shape index (κ2) is 18.4. The van der Waals surface area contributed by atoms with E-state index in [4.69, 9.17) is 0 Å². The maximum absolute atomic E-state index is 2.70. The molecule has 0 aliphatic carbocycles. The number of para-hydroxylation sites is 1. The van der Waals surface area contributed by atoms with Crippen molar-refractivity contribution in [3.05, 3.63) is 306 Å². The molecule has 0 atom stereocenters. The maximum atomic E-state index is 2.70. The van der Waals surface area contributed by atoms with E-state index in [9.17, 15) is 0 Å². The third-order valence-corrected chi connectivity index (χ3v) is 19.8. The van der Waals surface area contributed by atoms with Gasteiger partial charge in [-0.05, 0) is 195 Å². The Morgan fingerprint density at radius 1 is 0.244 bits per heavy atom. The lowest BCUT2D eigenvalue weighted by molar-refractivity contribution is 0.567. The minimum Gasteiger partial charge on any atom is -0.310 e. The number of rotatable bonds is 8. The van der Waals surface area contributed by atoms with E-state index in [0.717, 1.165) is 34.1 Å². The fourth-order valence-electron chi connectivity index (χ4n) is 15.2. The number of benzene rings is 14. The largest absolute Gasteiger partial charge is 0.310 e. The predicted octanol–water partition coefficient (Wildman–Crippen LogP) is 23.1. The molecule has 0 saturated carbocycles. The van der Waals surface area contributed by atoms with Crippen molar-refractivity contribution in [1.82, 2.24) is 0 Å². The van der Waals surface area contributed by atoms with Gasteiger partial charge in [-0.25, -0.2) is 0 Å². The second-order valence-corrected chi connectivity index (χ2v) is 25.8. The molecule has 0 radical (unpaired) electrons. The van der Waals surface area contributed by atoms with Crippen molar-refractivity contribution in [2.75, 3.05) is 14.7 Å². The molecule has 3 nitrogen and oxygen atoms in total. The Morgan fingerprint density at radius 3 is 1.03 bits per heavy atom. The molecule has 3 aliphatic heterocycles. The topological polar surface area (TPSA) is 9.72 Å². The zero-order valence-electron chi connectivity index (χ0n) is 49.3. The van der Waals surface area contributed by atoms with Crippen molar-refractivity contribution in [2.24, 2.45) is 0 Å². The summed E-state index contributed by atoms with van der Waals surface area (Å²) in [7, 11) is 0. The summed E-state index contributed by atoms with van der Waals surface area (Å²) in [4.78, 5) is 7.58. The summed E-state index contributed by atoms with van der Waals surface area (Å²) in [5, 5.41) is 12.2. The van der Waals surface area contributed by atoms with Crippen LogP contribution in [0.4, 0.5) is 51.2 Å². The highest BCUT2D eigenvalue weighted by Crippen LogP contribution is 2.67. The Morgan fingerprint density at radius 2 is 0.593 bits per heavy atom. The van der Waals surface area contributed by atoms with Gasteiger partial charge in [-0.2, -0.15) is 0 Å². The van der Waals surface area contributed by atoms with E-state index in [1.165, 1.54) is 127 Å². The van der Waals surface area contributed by atoms with E-state index in [0.29, 0.717) is 0 Å². The summed E-state index contributed by atoms with van der Waals surface area (Å²) < 4.78 is 0. The summed E-state index contributed by atoms with van der Waals surface area (Å²) >= 11 is 0. The molecule has 0 spiro atoms. The van der Waals surface area contributed by atoms with Crippen molar-refractivity contribution >= 4 is 105 Å². The lowest BCUT2D eigenvalue weighted by Gasteiger charge is -2.55. The predicted molar refractivity (Wildman–Crippen MR) is 365 cm³/mol. The van der Waals surface area contributed by atoms with Crippen molar-refractivity contribution in [3.8, 4) is 22.3 Å². The van der Waals surface area contributed by atoms with Gasteiger partial charge in [0, 0.05) is 50.1 Å². The van der Waals surface area contributed by atoms with E-state index in [1.54, 1.807) is 0 Å². The van der Waals surface area contributed by atoms with E-state index in [-0.39, 0.29) is 16.2 Å². The average Bonchev–Trinajstić information content (AvgIpc) is 0.687. The van der Waals surface area contributed by atoms with Crippen LogP contribution in [0.1, 0.15) is 74.9 Å². The minimum absolute atomic E-state index is 0.278. The molecule has 0 N–H and O–H groups in total. The molecule has 14 aromatic rings. The van der Waals surface area contributed by atoms with Crippen LogP contribution in [0.25, 0.3) is 76.1 Å². The summed E-state index contributed by atoms with van der Waals surface area (Å²) in [6.45, 7) is 14.8. The Hall–Kier alpha value is -10.2. The van der Waals surface area contributed by atoms with Crippen LogP contribution in [0.2, 0.25) is 0 Å². The highest BCUT2D eigenvalue weighted by atomic mass is 15.2. The Labute approximate surface area is 503 Å². The molecule has 17 rings (SSSR count). The molecule has 3 aliphatic rings. The first-order valence-electron chi connectivity index (χ1n) is 30.4. The molecule has 3 heteroatoms. The van der Waals surface area contributed by atoms with Crippen LogP contribution in [-0.2, 0) is 16.2 Å². The van der Waals surface area contributed by atoms with Crippen molar-refractivity contribution in [3.63, 3.8) is 0 Å². The van der Waals surface area contributed by atoms with Gasteiger partial charge in [0.1, 0.15) is 0 Å². The lowest BCUT2D eigenvalue weighted by Crippen LogP contribution is -2.43. The van der Waals surface area contributed by atoms with E-state index >= 15 is 0 Å². The highest BCUT2D eigenvalue weighted by Gasteiger charge is 2.52. The van der Waals surface area contributed by atoms with Crippen LogP contribution in [-0.4, -0.2) is 0 Å². The van der Waals surface area contributed by atoms with Gasteiger partial charge >= 0.3 is 0 Å². The molecule has 0 aromatic heterocycles. The van der Waals surface area contributed by atoms with Crippen LogP contribution in [0.5, 0.6) is 0 Å². The van der Waals surface area contributed by atoms with Gasteiger partial charge in [0.05, 0.1) is 22.7 Å². The molecular weight excluding hydrogens is 1040 g/mol. The standard InChI is InChI=1S/C83H63N3/c1-81(2)71-28-17-29-72-78(71)86-79-73(81)48-61(56-30-36-63(37-31-56)84(64-38-32-52-18-7-11-22-57(52)44-64)65-39-33-53-19-8-12-23-58(53)45-65)49-74(79)83(5,6)76-51-62(50-75(80(76)86)82(72,3)4)68-42-43-77(70-27-16-15-26-69(68)70)85(66-40-34-54-20-9-13-24-59(54)46-66)67-41-35-55-21-10-14-25-60(55)47-67/h7-51H,1-6H3. The molecule has 0 saturated heterocycles. The van der Waals surface area contributed by atoms with Gasteiger partial charge in [0.2, 0.25) is 0 Å². The summed E-state index contributed by atoms with van der Waals surface area (Å²) in [5.41, 5.74) is 22.9. The van der Waals surface area contributed by atoms with Crippen LogP contribution in [0, 0.1) is 0 Å². The third-order valence-electron chi connectivity index (χ3n) is 19.8. The summed E-state index contributed by atoms with van der Waals surface area (Å²) in [6.07, 6.45) is 0. The van der Waals surface area contributed by atoms with Gasteiger partial charge in [-0.15, -0.1) is 0 Å². The van der Waals surface area contributed by atoms with E-state index in [2.05, 4.69) is 329 Å². The molecule has 3 heterocycles. The second-order valence-electron chi connectivity index (χ2n) is 25.8. The molecular formula is C83H63N3. The molecule has 410 valence electrons. The van der Waals surface area contributed by atoms with E-state index in [1.807, 2.05) is 0 Å². The van der Waals surface area contributed by atoms with Gasteiger partial charge in [-0.1, -0.05) is 224 Å². The number of anilines is 9. The maximum Gasteiger partial charge on any atom is 0.0544 e. The lowest BCUT2D eigenvalue weighted by atomic mass is 9.60. The fraction of sp³-hybridized carbons (Fsp3) is 0.108. The Bertz CT molecular complexity index is 5020. The SMILES string of the molecule is CC1(C)c2cccc3c2N2c4c1cc(-c1ccc(N(c5ccc6ccccc6c5)c5ccc6ccccc6c5)cc1)cc4C(C)(C)c1cc(-c4ccc(N(c5ccc6ccccc6c5)c5ccc6ccccc6c5)c5ccccc45)cc(c12)C3(C)C. The zero-order valence-corrected chi connectivity index (χ0v) is 49.3. The Balaban J connectivity index is 0.830. The first kappa shape index (κ1) is 50.3. The molecule has 0 fully saturated rings. The summed E-state index contributed by atoms with van der Waals surface area (Å²) in [5.74, 6) is 0. The molecule has 0 amide bonds. The minimum atomic E-state index is -0.381. The zero-order chi connectivity index (χ0) is 57.8. The first-order valence-corrected chi connectivity index (χ1v) is 30.4. The van der Waals surface area contributed by atoms with Crippen molar-refractivity contribution < 1.29 is 0 Å². The number of fused-ring (bicyclic) bond motifs is 5. The van der Waals surface area contributed by atoms with Crippen LogP contribution < -0.4 is 14.7 Å². The monoisotopic (exact) mass is 1100 g/mol. The highest BCUT2D eigenvalue weighted by molar-refractivity contribution is 6.09. The van der Waals surface area contributed by atoms with Gasteiger partial charge < -0.3 is 14.7 Å². The van der Waals surface area contributed by atoms with E-state index < -0.39 is 0 Å². The smallest absolute Gasteiger partial charge is 0.0544 e. The number of hydrogen-bond donors (Lipinski definition) is 0. The van der Waals surface area contributed by atoms with Gasteiger partial charge in [0.15, 0.2) is 0 Å². The van der Waals surface area contributed by atoms with Gasteiger partial charge in [0.25, 0.3) is 0 Å². The fourth-order valence-corrected chi connectivity index (χ4v) is 15.2. The molecule has 86 heavy (non-hydrogen) atoms. The number of nitrogens with zero attached hydrogens (tertiary/aromatic N) is 3. The quantitative estimate of drug-likeness (QED) is 0.150. The van der Waals surface area contributed by atoms with Gasteiger partial charge in [-0.3, -0.25) is 0 Å². The first-order chi connectivity index (χ1) is 41.9.